The average Bonchev–Trinajstić information content (AvgIpc) is 2.37. The molecule has 2 aromatic rings. The zero-order valence-corrected chi connectivity index (χ0v) is 10.4. The maximum Gasteiger partial charge on any atom is 0.290 e. The van der Waals surface area contributed by atoms with Crippen LogP contribution in [0.25, 0.3) is 0 Å². The van der Waals surface area contributed by atoms with Crippen molar-refractivity contribution in [2.24, 2.45) is 0 Å². The molecule has 0 unspecified atom stereocenters. The third-order valence-electron chi connectivity index (χ3n) is 2.61. The number of rotatable bonds is 3. The lowest BCUT2D eigenvalue weighted by Gasteiger charge is -2.05. The van der Waals surface area contributed by atoms with Crippen LogP contribution in [0.1, 0.15) is 5.56 Å². The lowest BCUT2D eigenvalue weighted by atomic mass is 10.3. The fourth-order valence-corrected chi connectivity index (χ4v) is 1.60. The van der Waals surface area contributed by atoms with Crippen molar-refractivity contribution in [1.29, 1.82) is 0 Å². The van der Waals surface area contributed by atoms with E-state index in [1.54, 1.807) is 17.0 Å². The number of anilines is 1. The fourth-order valence-electron chi connectivity index (χ4n) is 1.60. The minimum atomic E-state index is -0.790. The molecule has 98 valence electrons. The van der Waals surface area contributed by atoms with Crippen molar-refractivity contribution in [2.45, 2.75) is 13.5 Å². The monoisotopic (exact) mass is 263 g/mol. The fraction of sp³-hybridized carbons (Fsp3) is 0.143. The summed E-state index contributed by atoms with van der Waals surface area (Å²) in [5.74, 6) is -2.07. The lowest BCUT2D eigenvalue weighted by molar-refractivity contribution is -0.684. The molecule has 19 heavy (non-hydrogen) atoms. The molecule has 0 bridgehead atoms. The molecule has 1 aromatic carbocycles. The Morgan fingerprint density at radius 2 is 1.74 bits per heavy atom. The van der Waals surface area contributed by atoms with E-state index in [1.807, 2.05) is 19.1 Å². The van der Waals surface area contributed by atoms with E-state index in [4.69, 9.17) is 0 Å². The first kappa shape index (κ1) is 13.1. The summed E-state index contributed by atoms with van der Waals surface area (Å²) in [6, 6.07) is 7.12. The number of para-hydroxylation sites is 1. The van der Waals surface area contributed by atoms with Gasteiger partial charge in [0.15, 0.2) is 12.4 Å². The van der Waals surface area contributed by atoms with E-state index in [2.05, 4.69) is 5.32 Å². The van der Waals surface area contributed by atoms with Crippen LogP contribution in [0.5, 0.6) is 0 Å². The van der Waals surface area contributed by atoms with Crippen LogP contribution in [0.3, 0.4) is 0 Å². The van der Waals surface area contributed by atoms with Crippen LogP contribution in [0.4, 0.5) is 14.5 Å². The van der Waals surface area contributed by atoms with Gasteiger partial charge in [-0.1, -0.05) is 6.07 Å². The largest absolute Gasteiger partial charge is 0.316 e. The van der Waals surface area contributed by atoms with Crippen LogP contribution in [0, 0.1) is 18.6 Å². The number of hydrogen-bond acceptors (Lipinski definition) is 1. The summed E-state index contributed by atoms with van der Waals surface area (Å²) in [5.41, 5.74) is 0.650. The Balaban J connectivity index is 2.07. The highest BCUT2D eigenvalue weighted by Crippen LogP contribution is 2.17. The second-order valence-electron chi connectivity index (χ2n) is 4.19. The van der Waals surface area contributed by atoms with Gasteiger partial charge in [-0.3, -0.25) is 4.79 Å². The molecule has 0 aliphatic rings. The molecule has 0 saturated heterocycles. The van der Waals surface area contributed by atoms with Gasteiger partial charge in [-0.15, -0.1) is 0 Å². The van der Waals surface area contributed by atoms with Crippen LogP contribution in [0.15, 0.2) is 42.7 Å². The van der Waals surface area contributed by atoms with E-state index < -0.39 is 23.2 Å². The number of pyridine rings is 1. The van der Waals surface area contributed by atoms with Gasteiger partial charge in [0.05, 0.1) is 0 Å². The van der Waals surface area contributed by atoms with E-state index in [0.717, 1.165) is 17.7 Å². The Kier molecular flexibility index (Phi) is 3.85. The Morgan fingerprint density at radius 3 is 2.32 bits per heavy atom. The standard InChI is InChI=1S/C14H12F2N2O/c1-10-5-7-18(8-6-10)9-13(19)17-14-11(15)3-2-4-12(14)16/h2-8H,9H2,1H3/p+1. The Morgan fingerprint density at radius 1 is 1.16 bits per heavy atom. The molecule has 1 aromatic heterocycles. The summed E-state index contributed by atoms with van der Waals surface area (Å²) in [6.45, 7) is 1.92. The number of hydrogen-bond donors (Lipinski definition) is 1. The van der Waals surface area contributed by atoms with Gasteiger partial charge in [-0.2, -0.15) is 4.57 Å². The molecule has 0 fully saturated rings. The number of aromatic nitrogens is 1. The normalized spacial score (nSPS) is 10.3. The van der Waals surface area contributed by atoms with Crippen molar-refractivity contribution < 1.29 is 18.1 Å². The highest BCUT2D eigenvalue weighted by atomic mass is 19.1. The number of nitrogens with zero attached hydrogens (tertiary/aromatic N) is 1. The van der Waals surface area contributed by atoms with E-state index in [0.29, 0.717) is 0 Å². The third kappa shape index (κ3) is 3.34. The van der Waals surface area contributed by atoms with Crippen LogP contribution in [-0.2, 0) is 11.3 Å². The van der Waals surface area contributed by atoms with Gasteiger partial charge in [0.1, 0.15) is 17.3 Å². The van der Waals surface area contributed by atoms with Crippen LogP contribution < -0.4 is 9.88 Å². The first-order valence-electron chi connectivity index (χ1n) is 5.76. The van der Waals surface area contributed by atoms with E-state index in [-0.39, 0.29) is 6.54 Å². The molecule has 5 heteroatoms. The van der Waals surface area contributed by atoms with Gasteiger partial charge in [-0.05, 0) is 24.6 Å². The maximum atomic E-state index is 13.3. The lowest BCUT2D eigenvalue weighted by Crippen LogP contribution is -2.39. The number of amides is 1. The van der Waals surface area contributed by atoms with Crippen molar-refractivity contribution in [3.05, 3.63) is 59.9 Å². The summed E-state index contributed by atoms with van der Waals surface area (Å²) in [4.78, 5) is 11.7. The number of carbonyl (C=O) groups is 1. The summed E-state index contributed by atoms with van der Waals surface area (Å²) in [5, 5.41) is 2.23. The summed E-state index contributed by atoms with van der Waals surface area (Å²) in [7, 11) is 0. The molecule has 1 amide bonds. The smallest absolute Gasteiger partial charge is 0.290 e. The highest BCUT2D eigenvalue weighted by molar-refractivity contribution is 5.89. The van der Waals surface area contributed by atoms with Gasteiger partial charge in [0, 0.05) is 12.1 Å². The molecular weight excluding hydrogens is 250 g/mol. The predicted molar refractivity (Wildman–Crippen MR) is 66.4 cm³/mol. The predicted octanol–water partition coefficient (Wildman–Crippen LogP) is 2.20. The summed E-state index contributed by atoms with van der Waals surface area (Å²) >= 11 is 0. The van der Waals surface area contributed by atoms with Crippen molar-refractivity contribution in [2.75, 3.05) is 5.32 Å². The van der Waals surface area contributed by atoms with Gasteiger partial charge < -0.3 is 5.32 Å². The molecule has 0 radical (unpaired) electrons. The third-order valence-corrected chi connectivity index (χ3v) is 2.61. The Hall–Kier alpha value is -2.30. The SMILES string of the molecule is Cc1cc[n+](CC(=O)Nc2c(F)cccc2F)cc1. The quantitative estimate of drug-likeness (QED) is 0.846. The zero-order valence-electron chi connectivity index (χ0n) is 10.4. The highest BCUT2D eigenvalue weighted by Gasteiger charge is 2.14. The minimum absolute atomic E-state index is 0.00590. The minimum Gasteiger partial charge on any atom is -0.316 e. The van der Waals surface area contributed by atoms with Crippen molar-refractivity contribution in [1.82, 2.24) is 0 Å². The molecule has 0 atom stereocenters. The molecule has 0 saturated carbocycles. The Bertz CT molecular complexity index is 577. The Labute approximate surface area is 109 Å². The van der Waals surface area contributed by atoms with E-state index in [9.17, 15) is 13.6 Å². The number of benzene rings is 1. The number of carbonyl (C=O) groups excluding carboxylic acids is 1. The first-order valence-corrected chi connectivity index (χ1v) is 5.76. The van der Waals surface area contributed by atoms with E-state index in [1.165, 1.54) is 6.07 Å². The molecular formula is C14H13F2N2O+. The molecule has 0 aliphatic heterocycles. The summed E-state index contributed by atoms with van der Waals surface area (Å²) in [6.07, 6.45) is 3.46. The van der Waals surface area contributed by atoms with Gasteiger partial charge in [0.25, 0.3) is 5.91 Å². The van der Waals surface area contributed by atoms with Crippen molar-refractivity contribution >= 4 is 11.6 Å². The number of aryl methyl sites for hydroxylation is 1. The van der Waals surface area contributed by atoms with Gasteiger partial charge >= 0.3 is 0 Å². The molecule has 0 spiro atoms. The molecule has 1 heterocycles. The average molecular weight is 263 g/mol. The molecule has 3 nitrogen and oxygen atoms in total. The zero-order chi connectivity index (χ0) is 13.8. The van der Waals surface area contributed by atoms with Crippen LogP contribution in [-0.4, -0.2) is 5.91 Å². The number of nitrogens with one attached hydrogen (secondary N) is 1. The van der Waals surface area contributed by atoms with E-state index >= 15 is 0 Å². The molecule has 1 N–H and O–H groups in total. The second-order valence-corrected chi connectivity index (χ2v) is 4.19. The van der Waals surface area contributed by atoms with Crippen LogP contribution in [0.2, 0.25) is 0 Å². The topological polar surface area (TPSA) is 33.0 Å². The number of halogens is 2. The van der Waals surface area contributed by atoms with Gasteiger partial charge in [0.2, 0.25) is 6.54 Å². The van der Waals surface area contributed by atoms with Gasteiger partial charge in [-0.25, -0.2) is 8.78 Å². The molecule has 0 aliphatic carbocycles. The second kappa shape index (κ2) is 5.56. The first-order chi connectivity index (χ1) is 9.06. The van der Waals surface area contributed by atoms with Crippen molar-refractivity contribution in [3.63, 3.8) is 0 Å². The summed E-state index contributed by atoms with van der Waals surface area (Å²) < 4.78 is 28.3. The van der Waals surface area contributed by atoms with Crippen molar-refractivity contribution in [3.8, 4) is 0 Å². The molecule has 2 rings (SSSR count). The van der Waals surface area contributed by atoms with Crippen LogP contribution >= 0.6 is 0 Å². The maximum absolute atomic E-state index is 13.3.